The summed E-state index contributed by atoms with van der Waals surface area (Å²) in [6.45, 7) is 0. The van der Waals surface area contributed by atoms with E-state index in [2.05, 4.69) is 15.6 Å². The van der Waals surface area contributed by atoms with Gasteiger partial charge in [-0.3, -0.25) is 14.6 Å². The Morgan fingerprint density at radius 1 is 1.29 bits per heavy atom. The maximum Gasteiger partial charge on any atom is 0.240 e. The molecule has 24 heavy (non-hydrogen) atoms. The van der Waals surface area contributed by atoms with Crippen molar-refractivity contribution < 1.29 is 14.0 Å². The molecule has 1 aliphatic carbocycles. The lowest BCUT2D eigenvalue weighted by atomic mass is 9.96. The van der Waals surface area contributed by atoms with Crippen LogP contribution in [0.4, 0.5) is 10.1 Å². The van der Waals surface area contributed by atoms with Gasteiger partial charge in [0.1, 0.15) is 11.1 Å². The Kier molecular flexibility index (Phi) is 5.50. The van der Waals surface area contributed by atoms with Gasteiger partial charge in [0.15, 0.2) is 5.17 Å². The Bertz CT molecular complexity index is 659. The molecule has 2 fully saturated rings. The van der Waals surface area contributed by atoms with Crippen molar-refractivity contribution in [1.29, 1.82) is 0 Å². The van der Waals surface area contributed by atoms with E-state index >= 15 is 0 Å². The van der Waals surface area contributed by atoms with Crippen molar-refractivity contribution in [3.8, 4) is 0 Å². The number of para-hydroxylation sites is 1. The van der Waals surface area contributed by atoms with Crippen LogP contribution in [-0.2, 0) is 9.59 Å². The van der Waals surface area contributed by atoms with Gasteiger partial charge in [0.25, 0.3) is 0 Å². The van der Waals surface area contributed by atoms with Crippen molar-refractivity contribution >= 4 is 34.4 Å². The molecule has 1 saturated heterocycles. The molecule has 2 N–H and O–H groups in total. The molecule has 0 spiro atoms. The minimum Gasteiger partial charge on any atom is -0.324 e. The molecule has 1 aliphatic heterocycles. The highest BCUT2D eigenvalue weighted by Crippen LogP contribution is 2.26. The van der Waals surface area contributed by atoms with Crippen molar-refractivity contribution in [1.82, 2.24) is 5.32 Å². The SMILES string of the molecule is O=C(CC1SC(=NC2CCCCC2)NC1=O)Nc1ccccc1F. The summed E-state index contributed by atoms with van der Waals surface area (Å²) in [5, 5.41) is 5.35. The van der Waals surface area contributed by atoms with E-state index in [0.29, 0.717) is 5.17 Å². The average Bonchev–Trinajstić information content (AvgIpc) is 2.90. The first-order valence-corrected chi connectivity index (χ1v) is 9.09. The summed E-state index contributed by atoms with van der Waals surface area (Å²) in [5.41, 5.74) is 0.127. The summed E-state index contributed by atoms with van der Waals surface area (Å²) in [6.07, 6.45) is 5.70. The van der Waals surface area contributed by atoms with E-state index in [1.165, 1.54) is 43.2 Å². The summed E-state index contributed by atoms with van der Waals surface area (Å²) in [7, 11) is 0. The summed E-state index contributed by atoms with van der Waals surface area (Å²) in [5.74, 6) is -1.08. The van der Waals surface area contributed by atoms with E-state index < -0.39 is 11.1 Å². The molecule has 2 amide bonds. The van der Waals surface area contributed by atoms with E-state index in [0.717, 1.165) is 12.8 Å². The Labute approximate surface area is 144 Å². The first-order valence-electron chi connectivity index (χ1n) is 8.21. The number of benzene rings is 1. The van der Waals surface area contributed by atoms with Gasteiger partial charge in [-0.2, -0.15) is 0 Å². The molecule has 128 valence electrons. The topological polar surface area (TPSA) is 70.6 Å². The fourth-order valence-corrected chi connectivity index (χ4v) is 3.95. The third kappa shape index (κ3) is 4.35. The van der Waals surface area contributed by atoms with Gasteiger partial charge >= 0.3 is 0 Å². The maximum atomic E-state index is 13.5. The van der Waals surface area contributed by atoms with Crippen molar-refractivity contribution in [2.75, 3.05) is 5.32 Å². The van der Waals surface area contributed by atoms with Crippen molar-refractivity contribution in [3.05, 3.63) is 30.1 Å². The predicted molar refractivity (Wildman–Crippen MR) is 93.5 cm³/mol. The van der Waals surface area contributed by atoms with Gasteiger partial charge in [-0.15, -0.1) is 0 Å². The molecule has 1 saturated carbocycles. The van der Waals surface area contributed by atoms with E-state index in [-0.39, 0.29) is 30.0 Å². The Balaban J connectivity index is 1.55. The van der Waals surface area contributed by atoms with Crippen LogP contribution in [-0.4, -0.2) is 28.3 Å². The zero-order valence-electron chi connectivity index (χ0n) is 13.3. The third-order valence-electron chi connectivity index (χ3n) is 4.17. The largest absolute Gasteiger partial charge is 0.324 e. The molecule has 1 unspecified atom stereocenters. The molecule has 1 aromatic carbocycles. The van der Waals surface area contributed by atoms with Crippen LogP contribution in [0, 0.1) is 5.82 Å². The number of halogens is 1. The number of hydrogen-bond donors (Lipinski definition) is 2. The zero-order chi connectivity index (χ0) is 16.9. The highest BCUT2D eigenvalue weighted by Gasteiger charge is 2.32. The van der Waals surface area contributed by atoms with Crippen molar-refractivity contribution in [2.45, 2.75) is 49.8 Å². The number of rotatable bonds is 4. The molecule has 5 nitrogen and oxygen atoms in total. The fraction of sp³-hybridized carbons (Fsp3) is 0.471. The van der Waals surface area contributed by atoms with Crippen LogP contribution >= 0.6 is 11.8 Å². The molecule has 1 heterocycles. The number of carbonyl (C=O) groups is 2. The average molecular weight is 349 g/mol. The van der Waals surface area contributed by atoms with Crippen LogP contribution in [0.15, 0.2) is 29.3 Å². The summed E-state index contributed by atoms with van der Waals surface area (Å²) < 4.78 is 13.5. The first-order chi connectivity index (χ1) is 11.6. The van der Waals surface area contributed by atoms with Crippen LogP contribution in [0.2, 0.25) is 0 Å². The number of nitrogens with one attached hydrogen (secondary N) is 2. The molecule has 0 aromatic heterocycles. The second kappa shape index (κ2) is 7.79. The second-order valence-corrected chi connectivity index (χ2v) is 7.25. The van der Waals surface area contributed by atoms with E-state index in [9.17, 15) is 14.0 Å². The lowest BCUT2D eigenvalue weighted by Crippen LogP contribution is -2.28. The molecular formula is C17H20FN3O2S. The van der Waals surface area contributed by atoms with Gasteiger partial charge in [0, 0.05) is 6.42 Å². The minimum atomic E-state index is -0.515. The Morgan fingerprint density at radius 3 is 2.79 bits per heavy atom. The van der Waals surface area contributed by atoms with Crippen molar-refractivity contribution in [2.24, 2.45) is 4.99 Å². The van der Waals surface area contributed by atoms with Crippen LogP contribution in [0.3, 0.4) is 0 Å². The summed E-state index contributed by atoms with van der Waals surface area (Å²) in [6, 6.07) is 6.24. The van der Waals surface area contributed by atoms with E-state index in [1.807, 2.05) is 0 Å². The molecule has 0 radical (unpaired) electrons. The number of carbonyl (C=O) groups excluding carboxylic acids is 2. The fourth-order valence-electron chi connectivity index (χ4n) is 2.91. The molecular weight excluding hydrogens is 329 g/mol. The number of amides is 2. The normalized spacial score (nSPS) is 23.3. The summed E-state index contributed by atoms with van der Waals surface area (Å²) in [4.78, 5) is 28.7. The standard InChI is InChI=1S/C17H20FN3O2S/c18-12-8-4-5-9-13(12)20-15(22)10-14-16(23)21-17(24-14)19-11-6-2-1-3-7-11/h4-5,8-9,11,14H,1-3,6-7,10H2,(H,20,22)(H,19,21,23). The quantitative estimate of drug-likeness (QED) is 0.878. The predicted octanol–water partition coefficient (Wildman–Crippen LogP) is 3.07. The first kappa shape index (κ1) is 17.0. The van der Waals surface area contributed by atoms with E-state index in [1.54, 1.807) is 12.1 Å². The molecule has 0 bridgehead atoms. The number of hydrogen-bond acceptors (Lipinski definition) is 4. The lowest BCUT2D eigenvalue weighted by Gasteiger charge is -2.17. The van der Waals surface area contributed by atoms with Gasteiger partial charge in [-0.05, 0) is 25.0 Å². The van der Waals surface area contributed by atoms with Crippen LogP contribution in [0.25, 0.3) is 0 Å². The molecule has 2 aliphatic rings. The number of nitrogens with zero attached hydrogens (tertiary/aromatic N) is 1. The molecule has 1 aromatic rings. The van der Waals surface area contributed by atoms with Crippen LogP contribution < -0.4 is 10.6 Å². The number of aliphatic imine (C=N–C) groups is 1. The Hall–Kier alpha value is -1.89. The van der Waals surface area contributed by atoms with Crippen LogP contribution in [0.1, 0.15) is 38.5 Å². The van der Waals surface area contributed by atoms with Gasteiger partial charge < -0.3 is 10.6 Å². The van der Waals surface area contributed by atoms with Crippen LogP contribution in [0.5, 0.6) is 0 Å². The van der Waals surface area contributed by atoms with Gasteiger partial charge in [0.2, 0.25) is 11.8 Å². The van der Waals surface area contributed by atoms with Gasteiger partial charge in [0.05, 0.1) is 11.7 Å². The highest BCUT2D eigenvalue weighted by molar-refractivity contribution is 8.15. The highest BCUT2D eigenvalue weighted by atomic mass is 32.2. The van der Waals surface area contributed by atoms with E-state index in [4.69, 9.17) is 0 Å². The van der Waals surface area contributed by atoms with Gasteiger partial charge in [-0.25, -0.2) is 4.39 Å². The molecule has 3 rings (SSSR count). The monoisotopic (exact) mass is 349 g/mol. The zero-order valence-corrected chi connectivity index (χ0v) is 14.1. The minimum absolute atomic E-state index is 0.00544. The maximum absolute atomic E-state index is 13.5. The molecule has 1 atom stereocenters. The summed E-state index contributed by atoms with van der Waals surface area (Å²) >= 11 is 1.29. The second-order valence-electron chi connectivity index (χ2n) is 6.05. The smallest absolute Gasteiger partial charge is 0.240 e. The number of thioether (sulfide) groups is 1. The number of amidine groups is 1. The van der Waals surface area contributed by atoms with Crippen molar-refractivity contribution in [3.63, 3.8) is 0 Å². The number of anilines is 1. The lowest BCUT2D eigenvalue weighted by molar-refractivity contribution is -0.122. The third-order valence-corrected chi connectivity index (χ3v) is 5.27. The Morgan fingerprint density at radius 2 is 2.04 bits per heavy atom. The molecule has 7 heteroatoms. The van der Waals surface area contributed by atoms with Gasteiger partial charge in [-0.1, -0.05) is 43.2 Å².